The molecule has 1 aliphatic rings. The van der Waals surface area contributed by atoms with E-state index < -0.39 is 15.9 Å². The Hall–Kier alpha value is -1.64. The highest BCUT2D eigenvalue weighted by atomic mass is 32.2. The summed E-state index contributed by atoms with van der Waals surface area (Å²) >= 11 is 0. The largest absolute Gasteiger partial charge is 0.398 e. The van der Waals surface area contributed by atoms with Crippen molar-refractivity contribution in [2.45, 2.75) is 11.3 Å². The fourth-order valence-electron chi connectivity index (χ4n) is 2.42. The predicted molar refractivity (Wildman–Crippen MR) is 79.9 cm³/mol. The fourth-order valence-corrected chi connectivity index (χ4v) is 4.01. The van der Waals surface area contributed by atoms with E-state index in [-0.39, 0.29) is 17.1 Å². The van der Waals surface area contributed by atoms with Gasteiger partial charge in [0, 0.05) is 19.6 Å². The second-order valence-electron chi connectivity index (χ2n) is 5.04. The Morgan fingerprint density at radius 1 is 1.14 bits per heavy atom. The van der Waals surface area contributed by atoms with Crippen molar-refractivity contribution in [1.29, 1.82) is 0 Å². The molecule has 116 valence electrons. The first-order valence-corrected chi connectivity index (χ1v) is 8.20. The van der Waals surface area contributed by atoms with E-state index in [9.17, 15) is 13.2 Å². The summed E-state index contributed by atoms with van der Waals surface area (Å²) < 4.78 is 26.7. The Bertz CT molecular complexity index is 618. The Morgan fingerprint density at radius 2 is 1.86 bits per heavy atom. The average Bonchev–Trinajstić information content (AvgIpc) is 2.64. The molecule has 1 heterocycles. The summed E-state index contributed by atoms with van der Waals surface area (Å²) in [5, 5.41) is 0. The number of nitrogen functional groups attached to an aromatic ring is 1. The van der Waals surface area contributed by atoms with Gasteiger partial charge in [0.1, 0.15) is 4.90 Å². The quantitative estimate of drug-likeness (QED) is 0.725. The summed E-state index contributed by atoms with van der Waals surface area (Å²) in [7, 11) is -3.60. The molecule has 0 unspecified atom stereocenters. The lowest BCUT2D eigenvalue weighted by atomic mass is 10.3. The van der Waals surface area contributed by atoms with Crippen LogP contribution in [0.15, 0.2) is 29.2 Å². The number of primary amides is 1. The lowest BCUT2D eigenvalue weighted by molar-refractivity contribution is -0.119. The van der Waals surface area contributed by atoms with Crippen LogP contribution in [0.5, 0.6) is 0 Å². The maximum absolute atomic E-state index is 12.6. The predicted octanol–water partition coefficient (Wildman–Crippen LogP) is -0.549. The van der Waals surface area contributed by atoms with Gasteiger partial charge in [0.2, 0.25) is 15.9 Å². The summed E-state index contributed by atoms with van der Waals surface area (Å²) in [4.78, 5) is 13.0. The number of benzene rings is 1. The lowest BCUT2D eigenvalue weighted by Gasteiger charge is -2.21. The van der Waals surface area contributed by atoms with Gasteiger partial charge in [0.15, 0.2) is 0 Å². The number of amides is 1. The molecule has 1 aliphatic heterocycles. The van der Waals surface area contributed by atoms with Gasteiger partial charge in [-0.2, -0.15) is 4.31 Å². The summed E-state index contributed by atoms with van der Waals surface area (Å²) in [5.74, 6) is -0.404. The molecule has 0 aromatic heterocycles. The maximum Gasteiger partial charge on any atom is 0.245 e. The van der Waals surface area contributed by atoms with Crippen LogP contribution in [0.25, 0.3) is 0 Å². The summed E-state index contributed by atoms with van der Waals surface area (Å²) in [6, 6.07) is 6.44. The van der Waals surface area contributed by atoms with Crippen molar-refractivity contribution >= 4 is 21.6 Å². The number of nitrogens with zero attached hydrogens (tertiary/aromatic N) is 2. The minimum atomic E-state index is -3.60. The summed E-state index contributed by atoms with van der Waals surface area (Å²) in [6.45, 7) is 2.02. The molecule has 0 saturated carbocycles. The molecular weight excluding hydrogens is 292 g/mol. The van der Waals surface area contributed by atoms with Gasteiger partial charge in [-0.15, -0.1) is 0 Å². The number of anilines is 1. The molecule has 21 heavy (non-hydrogen) atoms. The average molecular weight is 312 g/mol. The maximum atomic E-state index is 12.6. The Labute approximate surface area is 124 Å². The molecule has 8 heteroatoms. The van der Waals surface area contributed by atoms with Crippen LogP contribution in [0.3, 0.4) is 0 Å². The van der Waals surface area contributed by atoms with Crippen molar-refractivity contribution in [2.24, 2.45) is 5.73 Å². The highest BCUT2D eigenvalue weighted by Gasteiger charge is 2.28. The van der Waals surface area contributed by atoms with Crippen LogP contribution in [0, 0.1) is 0 Å². The van der Waals surface area contributed by atoms with Gasteiger partial charge in [-0.05, 0) is 25.1 Å². The Morgan fingerprint density at radius 3 is 2.52 bits per heavy atom. The smallest absolute Gasteiger partial charge is 0.245 e. The number of carbonyl (C=O) groups is 1. The van der Waals surface area contributed by atoms with E-state index in [0.717, 1.165) is 0 Å². The Balaban J connectivity index is 2.15. The third-order valence-corrected chi connectivity index (χ3v) is 5.44. The Kier molecular flexibility index (Phi) is 4.81. The molecule has 1 saturated heterocycles. The molecule has 2 rings (SSSR count). The second kappa shape index (κ2) is 6.42. The van der Waals surface area contributed by atoms with Crippen LogP contribution >= 0.6 is 0 Å². The number of nitrogens with two attached hydrogens (primary N) is 2. The van der Waals surface area contributed by atoms with Crippen molar-refractivity contribution in [3.05, 3.63) is 24.3 Å². The first-order chi connectivity index (χ1) is 9.91. The zero-order valence-corrected chi connectivity index (χ0v) is 12.6. The molecule has 1 aromatic carbocycles. The van der Waals surface area contributed by atoms with E-state index >= 15 is 0 Å². The molecule has 0 bridgehead atoms. The van der Waals surface area contributed by atoms with Crippen molar-refractivity contribution in [3.63, 3.8) is 0 Å². The zero-order valence-electron chi connectivity index (χ0n) is 11.7. The molecule has 1 amide bonds. The van der Waals surface area contributed by atoms with Crippen LogP contribution in [0.1, 0.15) is 6.42 Å². The summed E-state index contributed by atoms with van der Waals surface area (Å²) in [6.07, 6.45) is 0.652. The highest BCUT2D eigenvalue weighted by molar-refractivity contribution is 7.89. The van der Waals surface area contributed by atoms with Crippen molar-refractivity contribution < 1.29 is 13.2 Å². The first kappa shape index (κ1) is 15.7. The molecule has 1 fully saturated rings. The minimum Gasteiger partial charge on any atom is -0.398 e. The minimum absolute atomic E-state index is 0.133. The van der Waals surface area contributed by atoms with E-state index in [2.05, 4.69) is 0 Å². The molecule has 7 nitrogen and oxygen atoms in total. The van der Waals surface area contributed by atoms with Crippen LogP contribution in [0.2, 0.25) is 0 Å². The number of para-hydroxylation sites is 1. The second-order valence-corrected chi connectivity index (χ2v) is 6.94. The van der Waals surface area contributed by atoms with E-state index in [0.29, 0.717) is 32.6 Å². The number of carbonyl (C=O) groups excluding carboxylic acids is 1. The van der Waals surface area contributed by atoms with Gasteiger partial charge in [-0.3, -0.25) is 9.69 Å². The van der Waals surface area contributed by atoms with Crippen LogP contribution in [-0.2, 0) is 14.8 Å². The highest BCUT2D eigenvalue weighted by Crippen LogP contribution is 2.22. The molecular formula is C13H20N4O3S. The van der Waals surface area contributed by atoms with E-state index in [1.165, 1.54) is 10.4 Å². The number of hydrogen-bond acceptors (Lipinski definition) is 5. The van der Waals surface area contributed by atoms with E-state index in [1.54, 1.807) is 18.2 Å². The van der Waals surface area contributed by atoms with Gasteiger partial charge >= 0.3 is 0 Å². The number of rotatable bonds is 4. The van der Waals surface area contributed by atoms with Gasteiger partial charge in [0.25, 0.3) is 0 Å². The third-order valence-electron chi connectivity index (χ3n) is 3.46. The van der Waals surface area contributed by atoms with Gasteiger partial charge in [-0.25, -0.2) is 8.42 Å². The molecule has 4 N–H and O–H groups in total. The zero-order chi connectivity index (χ0) is 15.5. The van der Waals surface area contributed by atoms with Crippen molar-refractivity contribution in [2.75, 3.05) is 38.5 Å². The standard InChI is InChI=1S/C13H20N4O3S/c14-11-4-1-2-5-12(11)21(19,20)17-7-3-6-16(8-9-17)10-13(15)18/h1-2,4-5H,3,6-10,14H2,(H2,15,18). The fraction of sp³-hybridized carbons (Fsp3) is 0.462. The van der Waals surface area contributed by atoms with Gasteiger partial charge in [-0.1, -0.05) is 12.1 Å². The van der Waals surface area contributed by atoms with E-state index in [1.807, 2.05) is 4.90 Å². The van der Waals surface area contributed by atoms with E-state index in [4.69, 9.17) is 11.5 Å². The number of hydrogen-bond donors (Lipinski definition) is 2. The molecule has 1 aromatic rings. The normalized spacial score (nSPS) is 18.3. The topological polar surface area (TPSA) is 110 Å². The molecule has 0 radical (unpaired) electrons. The van der Waals surface area contributed by atoms with Gasteiger partial charge in [0.05, 0.1) is 12.2 Å². The lowest BCUT2D eigenvalue weighted by Crippen LogP contribution is -2.38. The van der Waals surface area contributed by atoms with Crippen molar-refractivity contribution in [1.82, 2.24) is 9.21 Å². The third kappa shape index (κ3) is 3.72. The monoisotopic (exact) mass is 312 g/mol. The van der Waals surface area contributed by atoms with Crippen LogP contribution in [-0.4, -0.2) is 56.3 Å². The molecule has 0 atom stereocenters. The van der Waals surface area contributed by atoms with Crippen LogP contribution in [0.4, 0.5) is 5.69 Å². The molecule has 0 spiro atoms. The van der Waals surface area contributed by atoms with Crippen molar-refractivity contribution in [3.8, 4) is 0 Å². The van der Waals surface area contributed by atoms with Gasteiger partial charge < -0.3 is 11.5 Å². The SMILES string of the molecule is NC(=O)CN1CCCN(S(=O)(=O)c2ccccc2N)CC1. The molecule has 0 aliphatic carbocycles. The number of sulfonamides is 1. The van der Waals surface area contributed by atoms with Crippen LogP contribution < -0.4 is 11.5 Å². The first-order valence-electron chi connectivity index (χ1n) is 6.76. The summed E-state index contributed by atoms with van der Waals surface area (Å²) in [5.41, 5.74) is 11.2.